The highest BCUT2D eigenvalue weighted by atomic mass is 32.1. The van der Waals surface area contributed by atoms with Crippen molar-refractivity contribution in [3.63, 3.8) is 0 Å². The number of carboxylic acid groups (broad SMARTS) is 1. The number of nitrogens with one attached hydrogen (secondary N) is 2. The molecule has 0 aromatic carbocycles. The molecule has 0 aromatic rings. The third-order valence-electron chi connectivity index (χ3n) is 2.92. The van der Waals surface area contributed by atoms with Gasteiger partial charge >= 0.3 is 5.97 Å². The number of carboxylic acids is 1. The molecule has 0 aliphatic heterocycles. The maximum atomic E-state index is 12.2. The van der Waals surface area contributed by atoms with E-state index in [1.54, 1.807) is 0 Å². The standard InChI is InChI=1S/C13H25N3O5S/c1-6(2)4-9(15-11(18)8(14)5-22)12(19)16-10(7(3)17)13(20)21/h6-10,17,22H,4-5,14H2,1-3H3,(H,15,18)(H,16,19)(H,20,21)/t7-,8+,9+,10+/m1/s1. The summed E-state index contributed by atoms with van der Waals surface area (Å²) in [6.07, 6.45) is -0.959. The molecule has 0 spiro atoms. The number of amides is 2. The molecule has 0 fully saturated rings. The normalized spacial score (nSPS) is 16.5. The van der Waals surface area contributed by atoms with Crippen molar-refractivity contribution in [1.82, 2.24) is 10.6 Å². The highest BCUT2D eigenvalue weighted by Crippen LogP contribution is 2.06. The summed E-state index contributed by atoms with van der Waals surface area (Å²) < 4.78 is 0. The van der Waals surface area contributed by atoms with Gasteiger partial charge in [-0.2, -0.15) is 12.6 Å². The Morgan fingerprint density at radius 2 is 1.68 bits per heavy atom. The van der Waals surface area contributed by atoms with Crippen molar-refractivity contribution in [3.05, 3.63) is 0 Å². The molecule has 0 aromatic heterocycles. The van der Waals surface area contributed by atoms with Crippen LogP contribution < -0.4 is 16.4 Å². The van der Waals surface area contributed by atoms with Gasteiger partial charge in [0.25, 0.3) is 0 Å². The van der Waals surface area contributed by atoms with Gasteiger partial charge in [-0.3, -0.25) is 9.59 Å². The first-order valence-corrected chi connectivity index (χ1v) is 7.61. The zero-order valence-electron chi connectivity index (χ0n) is 12.9. The summed E-state index contributed by atoms with van der Waals surface area (Å²) in [6, 6.07) is -3.24. The Morgan fingerprint density at radius 3 is 2.05 bits per heavy atom. The molecule has 128 valence electrons. The van der Waals surface area contributed by atoms with Gasteiger partial charge < -0.3 is 26.6 Å². The van der Waals surface area contributed by atoms with E-state index < -0.39 is 42.0 Å². The van der Waals surface area contributed by atoms with Crippen LogP contribution in [0.2, 0.25) is 0 Å². The molecule has 9 heteroatoms. The van der Waals surface area contributed by atoms with Crippen LogP contribution in [0.3, 0.4) is 0 Å². The lowest BCUT2D eigenvalue weighted by Crippen LogP contribution is -2.57. The molecule has 0 bridgehead atoms. The summed E-state index contributed by atoms with van der Waals surface area (Å²) >= 11 is 3.91. The number of aliphatic hydroxyl groups excluding tert-OH is 1. The van der Waals surface area contributed by atoms with Crippen molar-refractivity contribution in [2.45, 2.75) is 51.4 Å². The largest absolute Gasteiger partial charge is 0.480 e. The first kappa shape index (κ1) is 20.7. The number of hydrogen-bond donors (Lipinski definition) is 6. The molecule has 0 aliphatic rings. The third kappa shape index (κ3) is 7.10. The Hall–Kier alpha value is -1.32. The van der Waals surface area contributed by atoms with E-state index in [1.807, 2.05) is 13.8 Å². The molecule has 0 saturated heterocycles. The van der Waals surface area contributed by atoms with E-state index in [2.05, 4.69) is 23.3 Å². The SMILES string of the molecule is CC(C)C[C@H](NC(=O)[C@@H](N)CS)C(=O)N[C@H](C(=O)O)[C@@H](C)O. The van der Waals surface area contributed by atoms with Crippen molar-refractivity contribution in [3.8, 4) is 0 Å². The highest BCUT2D eigenvalue weighted by Gasteiger charge is 2.30. The summed E-state index contributed by atoms with van der Waals surface area (Å²) in [6.45, 7) is 4.97. The fourth-order valence-corrected chi connectivity index (χ4v) is 1.87. The highest BCUT2D eigenvalue weighted by molar-refractivity contribution is 7.80. The Kier molecular flexibility index (Phi) is 9.07. The molecular weight excluding hydrogens is 310 g/mol. The number of rotatable bonds is 9. The number of carbonyl (C=O) groups excluding carboxylic acids is 2. The van der Waals surface area contributed by atoms with E-state index in [0.717, 1.165) is 0 Å². The average Bonchev–Trinajstić information content (AvgIpc) is 2.41. The van der Waals surface area contributed by atoms with Crippen molar-refractivity contribution in [2.75, 3.05) is 5.75 Å². The Bertz CT molecular complexity index is 403. The third-order valence-corrected chi connectivity index (χ3v) is 3.31. The van der Waals surface area contributed by atoms with Crippen molar-refractivity contribution in [2.24, 2.45) is 11.7 Å². The second kappa shape index (κ2) is 9.65. The fourth-order valence-electron chi connectivity index (χ4n) is 1.71. The molecular formula is C13H25N3O5S. The molecule has 4 atom stereocenters. The van der Waals surface area contributed by atoms with E-state index in [9.17, 15) is 19.5 Å². The molecule has 0 unspecified atom stereocenters. The van der Waals surface area contributed by atoms with Crippen LogP contribution in [0.25, 0.3) is 0 Å². The van der Waals surface area contributed by atoms with Crippen LogP contribution in [0.5, 0.6) is 0 Å². The van der Waals surface area contributed by atoms with Gasteiger partial charge in [0.15, 0.2) is 6.04 Å². The number of aliphatic carboxylic acids is 1. The average molecular weight is 335 g/mol. The first-order valence-electron chi connectivity index (χ1n) is 6.98. The van der Waals surface area contributed by atoms with Crippen molar-refractivity contribution >= 4 is 30.4 Å². The number of nitrogens with two attached hydrogens (primary N) is 1. The van der Waals surface area contributed by atoms with Gasteiger partial charge in [0.05, 0.1) is 12.1 Å². The number of aliphatic hydroxyl groups is 1. The van der Waals surface area contributed by atoms with Gasteiger partial charge in [-0.1, -0.05) is 13.8 Å². The monoisotopic (exact) mass is 335 g/mol. The van der Waals surface area contributed by atoms with Crippen LogP contribution in [0.1, 0.15) is 27.2 Å². The van der Waals surface area contributed by atoms with E-state index in [-0.39, 0.29) is 11.7 Å². The van der Waals surface area contributed by atoms with Crippen LogP contribution in [-0.2, 0) is 14.4 Å². The maximum Gasteiger partial charge on any atom is 0.328 e. The molecule has 2 amide bonds. The smallest absolute Gasteiger partial charge is 0.328 e. The van der Waals surface area contributed by atoms with Crippen molar-refractivity contribution < 1.29 is 24.6 Å². The molecule has 0 rings (SSSR count). The minimum atomic E-state index is -1.45. The van der Waals surface area contributed by atoms with E-state index in [4.69, 9.17) is 10.8 Å². The summed E-state index contributed by atoms with van der Waals surface area (Å²) in [7, 11) is 0. The van der Waals surface area contributed by atoms with Crippen molar-refractivity contribution in [1.29, 1.82) is 0 Å². The summed E-state index contributed by atoms with van der Waals surface area (Å²) in [5.74, 6) is -2.38. The lowest BCUT2D eigenvalue weighted by atomic mass is 10.0. The van der Waals surface area contributed by atoms with Gasteiger partial charge in [-0.25, -0.2) is 4.79 Å². The maximum absolute atomic E-state index is 12.2. The molecule has 0 aliphatic carbocycles. The van der Waals surface area contributed by atoms with Crippen LogP contribution in [0.15, 0.2) is 0 Å². The fraction of sp³-hybridized carbons (Fsp3) is 0.769. The molecule has 0 heterocycles. The molecule has 0 saturated carbocycles. The topological polar surface area (TPSA) is 142 Å². The summed E-state index contributed by atoms with van der Waals surface area (Å²) in [4.78, 5) is 35.0. The van der Waals surface area contributed by atoms with Crippen LogP contribution >= 0.6 is 12.6 Å². The zero-order chi connectivity index (χ0) is 17.4. The van der Waals surface area contributed by atoms with E-state index in [1.165, 1.54) is 6.92 Å². The number of hydrogen-bond acceptors (Lipinski definition) is 6. The summed E-state index contributed by atoms with van der Waals surface area (Å²) in [5, 5.41) is 23.1. The summed E-state index contributed by atoms with van der Waals surface area (Å²) in [5.41, 5.74) is 5.54. The first-order chi connectivity index (χ1) is 10.1. The van der Waals surface area contributed by atoms with E-state index in [0.29, 0.717) is 6.42 Å². The van der Waals surface area contributed by atoms with E-state index >= 15 is 0 Å². The van der Waals surface area contributed by atoms with Crippen LogP contribution in [-0.4, -0.2) is 58.0 Å². The van der Waals surface area contributed by atoms with Gasteiger partial charge in [-0.05, 0) is 19.3 Å². The van der Waals surface area contributed by atoms with Crippen LogP contribution in [0.4, 0.5) is 0 Å². The lowest BCUT2D eigenvalue weighted by molar-refractivity contribution is -0.145. The molecule has 22 heavy (non-hydrogen) atoms. The van der Waals surface area contributed by atoms with Gasteiger partial charge in [0.2, 0.25) is 11.8 Å². The Balaban J connectivity index is 4.98. The zero-order valence-corrected chi connectivity index (χ0v) is 13.8. The molecule has 6 N–H and O–H groups in total. The predicted octanol–water partition coefficient (Wildman–Crippen LogP) is -1.28. The van der Waals surface area contributed by atoms with Gasteiger partial charge in [-0.15, -0.1) is 0 Å². The van der Waals surface area contributed by atoms with Gasteiger partial charge in [0, 0.05) is 5.75 Å². The quantitative estimate of drug-likeness (QED) is 0.290. The molecule has 0 radical (unpaired) electrons. The van der Waals surface area contributed by atoms with Crippen LogP contribution in [0, 0.1) is 5.92 Å². The minimum absolute atomic E-state index is 0.0816. The molecule has 8 nitrogen and oxygen atoms in total. The second-order valence-electron chi connectivity index (χ2n) is 5.54. The van der Waals surface area contributed by atoms with Gasteiger partial charge in [0.1, 0.15) is 6.04 Å². The number of thiol groups is 1. The number of carbonyl (C=O) groups is 3. The Morgan fingerprint density at radius 1 is 1.14 bits per heavy atom. The lowest BCUT2D eigenvalue weighted by Gasteiger charge is -2.24. The predicted molar refractivity (Wildman–Crippen MR) is 84.5 cm³/mol. The second-order valence-corrected chi connectivity index (χ2v) is 5.91. The Labute approximate surface area is 135 Å². The minimum Gasteiger partial charge on any atom is -0.480 e.